The SMILES string of the molecule is COC(=O)C1COC(=O)C(C)CC=CCC(C(=O)N[C@@H](C)CO)C(=O)N1. The van der Waals surface area contributed by atoms with Crippen molar-refractivity contribution in [1.29, 1.82) is 0 Å². The number of rotatable bonds is 4. The van der Waals surface area contributed by atoms with Crippen molar-refractivity contribution in [2.45, 2.75) is 38.8 Å². The van der Waals surface area contributed by atoms with Crippen LogP contribution in [0.2, 0.25) is 0 Å². The number of hydrogen-bond donors (Lipinski definition) is 3. The van der Waals surface area contributed by atoms with Gasteiger partial charge in [-0.2, -0.15) is 0 Å². The fourth-order valence-electron chi connectivity index (χ4n) is 2.24. The number of carbonyl (C=O) groups is 4. The Morgan fingerprint density at radius 2 is 2.04 bits per heavy atom. The van der Waals surface area contributed by atoms with Crippen LogP contribution in [-0.4, -0.2) is 61.3 Å². The van der Waals surface area contributed by atoms with Crippen molar-refractivity contribution in [3.63, 3.8) is 0 Å². The van der Waals surface area contributed by atoms with Crippen LogP contribution in [0.5, 0.6) is 0 Å². The summed E-state index contributed by atoms with van der Waals surface area (Å²) in [6, 6.07) is -1.73. The number of nitrogens with one attached hydrogen (secondary N) is 2. The molecule has 0 aromatic rings. The zero-order valence-corrected chi connectivity index (χ0v) is 15.2. The molecule has 2 amide bonds. The first-order valence-corrected chi connectivity index (χ1v) is 8.41. The fourth-order valence-corrected chi connectivity index (χ4v) is 2.24. The average molecular weight is 370 g/mol. The lowest BCUT2D eigenvalue weighted by molar-refractivity contribution is -0.155. The molecule has 0 bridgehead atoms. The van der Waals surface area contributed by atoms with Crippen LogP contribution >= 0.6 is 0 Å². The predicted octanol–water partition coefficient (Wildman–Crippen LogP) is -0.713. The normalized spacial score (nSPS) is 25.8. The van der Waals surface area contributed by atoms with Crippen LogP contribution in [0.3, 0.4) is 0 Å². The van der Waals surface area contributed by atoms with Crippen LogP contribution in [0.1, 0.15) is 26.7 Å². The summed E-state index contributed by atoms with van der Waals surface area (Å²) in [5.74, 6) is -4.07. The van der Waals surface area contributed by atoms with Gasteiger partial charge in [-0.15, -0.1) is 0 Å². The summed E-state index contributed by atoms with van der Waals surface area (Å²) in [6.45, 7) is 2.62. The minimum Gasteiger partial charge on any atom is -0.467 e. The fraction of sp³-hybridized carbons (Fsp3) is 0.647. The molecular weight excluding hydrogens is 344 g/mol. The molecule has 0 radical (unpaired) electrons. The molecule has 1 rings (SSSR count). The summed E-state index contributed by atoms with van der Waals surface area (Å²) < 4.78 is 9.68. The van der Waals surface area contributed by atoms with E-state index in [-0.39, 0.29) is 19.6 Å². The molecule has 26 heavy (non-hydrogen) atoms. The van der Waals surface area contributed by atoms with E-state index >= 15 is 0 Å². The van der Waals surface area contributed by atoms with Gasteiger partial charge < -0.3 is 25.2 Å². The van der Waals surface area contributed by atoms with E-state index in [0.717, 1.165) is 7.11 Å². The Balaban J connectivity index is 3.03. The number of ether oxygens (including phenoxy) is 2. The van der Waals surface area contributed by atoms with Crippen molar-refractivity contribution in [3.8, 4) is 0 Å². The van der Waals surface area contributed by atoms with Crippen LogP contribution < -0.4 is 10.6 Å². The molecule has 0 fully saturated rings. The third-order valence-corrected chi connectivity index (χ3v) is 3.92. The van der Waals surface area contributed by atoms with Gasteiger partial charge in [0.25, 0.3) is 0 Å². The van der Waals surface area contributed by atoms with Gasteiger partial charge >= 0.3 is 11.9 Å². The van der Waals surface area contributed by atoms with E-state index in [0.29, 0.717) is 6.42 Å². The standard InChI is InChI=1S/C17H26N2O7/c1-10-6-4-5-7-12(14(21)18-11(2)8-20)15(22)19-13(17(24)25-3)9-26-16(10)23/h4-5,10-13,20H,6-9H2,1-3H3,(H,18,21)(H,19,22)/t10?,11-,12?,13?/m0/s1. The molecule has 0 aromatic heterocycles. The highest BCUT2D eigenvalue weighted by molar-refractivity contribution is 6.01. The molecule has 3 N–H and O–H groups in total. The Bertz CT molecular complexity index is 561. The Kier molecular flexibility index (Phi) is 8.77. The highest BCUT2D eigenvalue weighted by Crippen LogP contribution is 2.12. The second-order valence-electron chi connectivity index (χ2n) is 6.20. The van der Waals surface area contributed by atoms with Gasteiger partial charge in [0.1, 0.15) is 12.5 Å². The number of aliphatic hydroxyl groups is 1. The van der Waals surface area contributed by atoms with Gasteiger partial charge in [-0.25, -0.2) is 4.79 Å². The predicted molar refractivity (Wildman–Crippen MR) is 90.6 cm³/mol. The highest BCUT2D eigenvalue weighted by Gasteiger charge is 2.32. The number of methoxy groups -OCH3 is 1. The van der Waals surface area contributed by atoms with E-state index in [2.05, 4.69) is 15.4 Å². The summed E-state index contributed by atoms with van der Waals surface area (Å²) in [5.41, 5.74) is 0. The molecule has 0 spiro atoms. The largest absolute Gasteiger partial charge is 0.467 e. The smallest absolute Gasteiger partial charge is 0.331 e. The molecule has 1 aliphatic rings. The minimum absolute atomic E-state index is 0.0888. The summed E-state index contributed by atoms with van der Waals surface area (Å²) in [5, 5.41) is 14.0. The van der Waals surface area contributed by atoms with Crippen molar-refractivity contribution in [2.24, 2.45) is 11.8 Å². The molecule has 9 nitrogen and oxygen atoms in total. The molecule has 0 aromatic carbocycles. The molecule has 1 heterocycles. The molecule has 9 heteroatoms. The van der Waals surface area contributed by atoms with E-state index in [4.69, 9.17) is 9.84 Å². The minimum atomic E-state index is -1.21. The number of cyclic esters (lactones) is 1. The van der Waals surface area contributed by atoms with E-state index in [9.17, 15) is 19.2 Å². The number of esters is 2. The first-order valence-electron chi connectivity index (χ1n) is 8.41. The molecule has 4 atom stereocenters. The second kappa shape index (κ2) is 10.5. The molecule has 3 unspecified atom stereocenters. The molecule has 0 saturated heterocycles. The quantitative estimate of drug-likeness (QED) is 0.338. The number of carbonyl (C=O) groups excluding carboxylic acids is 4. The number of aliphatic hydroxyl groups excluding tert-OH is 1. The molecule has 0 saturated carbocycles. The Labute approximate surface area is 152 Å². The lowest BCUT2D eigenvalue weighted by Gasteiger charge is -2.22. The van der Waals surface area contributed by atoms with E-state index < -0.39 is 47.7 Å². The number of allylic oxidation sites excluding steroid dienone is 2. The summed E-state index contributed by atoms with van der Waals surface area (Å²) in [6.07, 6.45) is 3.80. The third-order valence-electron chi connectivity index (χ3n) is 3.92. The Hall–Kier alpha value is -2.42. The zero-order valence-electron chi connectivity index (χ0n) is 15.2. The molecule has 0 aliphatic carbocycles. The van der Waals surface area contributed by atoms with Crippen LogP contribution in [-0.2, 0) is 28.7 Å². The first kappa shape index (κ1) is 21.6. The van der Waals surface area contributed by atoms with Gasteiger partial charge in [0.15, 0.2) is 6.04 Å². The van der Waals surface area contributed by atoms with Crippen molar-refractivity contribution < 1.29 is 33.8 Å². The monoisotopic (exact) mass is 370 g/mol. The highest BCUT2D eigenvalue weighted by atomic mass is 16.5. The summed E-state index contributed by atoms with van der Waals surface area (Å²) in [4.78, 5) is 48.6. The number of amides is 2. The maximum atomic E-state index is 12.5. The average Bonchev–Trinajstić information content (AvgIpc) is 2.62. The van der Waals surface area contributed by atoms with Gasteiger partial charge in [-0.3, -0.25) is 14.4 Å². The maximum absolute atomic E-state index is 12.5. The van der Waals surface area contributed by atoms with Crippen molar-refractivity contribution in [3.05, 3.63) is 12.2 Å². The van der Waals surface area contributed by atoms with Crippen molar-refractivity contribution in [1.82, 2.24) is 10.6 Å². The van der Waals surface area contributed by atoms with E-state index in [1.165, 1.54) is 0 Å². The van der Waals surface area contributed by atoms with Crippen molar-refractivity contribution >= 4 is 23.8 Å². The van der Waals surface area contributed by atoms with Crippen LogP contribution in [0, 0.1) is 11.8 Å². The molecular formula is C17H26N2O7. The lowest BCUT2D eigenvalue weighted by atomic mass is 10.00. The summed E-state index contributed by atoms with van der Waals surface area (Å²) >= 11 is 0. The van der Waals surface area contributed by atoms with E-state index in [1.54, 1.807) is 26.0 Å². The lowest BCUT2D eigenvalue weighted by Crippen LogP contribution is -2.51. The van der Waals surface area contributed by atoms with Gasteiger partial charge in [-0.1, -0.05) is 19.1 Å². The first-order chi connectivity index (χ1) is 12.3. The Morgan fingerprint density at radius 1 is 1.38 bits per heavy atom. The molecule has 1 aliphatic heterocycles. The summed E-state index contributed by atoms with van der Waals surface area (Å²) in [7, 11) is 1.14. The van der Waals surface area contributed by atoms with Crippen molar-refractivity contribution in [2.75, 3.05) is 20.3 Å². The zero-order chi connectivity index (χ0) is 19.7. The van der Waals surface area contributed by atoms with Gasteiger partial charge in [0.05, 0.1) is 19.6 Å². The van der Waals surface area contributed by atoms with E-state index in [1.807, 2.05) is 0 Å². The van der Waals surface area contributed by atoms with Crippen LogP contribution in [0.15, 0.2) is 12.2 Å². The van der Waals surface area contributed by atoms with Gasteiger partial charge in [-0.05, 0) is 19.8 Å². The molecule has 146 valence electrons. The Morgan fingerprint density at radius 3 is 2.65 bits per heavy atom. The number of hydrogen-bond acceptors (Lipinski definition) is 7. The topological polar surface area (TPSA) is 131 Å². The maximum Gasteiger partial charge on any atom is 0.331 e. The second-order valence-corrected chi connectivity index (χ2v) is 6.20. The van der Waals surface area contributed by atoms with Gasteiger partial charge in [0.2, 0.25) is 11.8 Å². The van der Waals surface area contributed by atoms with Crippen LogP contribution in [0.4, 0.5) is 0 Å². The van der Waals surface area contributed by atoms with Gasteiger partial charge in [0, 0.05) is 6.04 Å². The van der Waals surface area contributed by atoms with Crippen LogP contribution in [0.25, 0.3) is 0 Å². The third kappa shape index (κ3) is 6.47.